The highest BCUT2D eigenvalue weighted by atomic mass is 79.9. The predicted octanol–water partition coefficient (Wildman–Crippen LogP) is 4.74. The van der Waals surface area contributed by atoms with Crippen LogP contribution in [0.5, 0.6) is 5.75 Å². The van der Waals surface area contributed by atoms with Crippen LogP contribution in [0.3, 0.4) is 0 Å². The van der Waals surface area contributed by atoms with Crippen LogP contribution in [0, 0.1) is 6.92 Å². The fourth-order valence-corrected chi connectivity index (χ4v) is 2.49. The second kappa shape index (κ2) is 8.15. The summed E-state index contributed by atoms with van der Waals surface area (Å²) >= 11 is 14.9. The first kappa shape index (κ1) is 16.8. The van der Waals surface area contributed by atoms with Gasteiger partial charge in [-0.05, 0) is 43.0 Å². The number of nitrogens with two attached hydrogens (primary N) is 1. The Kier molecular flexibility index (Phi) is 7.22. The van der Waals surface area contributed by atoms with E-state index in [9.17, 15) is 0 Å². The summed E-state index contributed by atoms with van der Waals surface area (Å²) in [5.74, 6) is 0.837. The van der Waals surface area contributed by atoms with Gasteiger partial charge in [-0.25, -0.2) is 0 Å². The van der Waals surface area contributed by atoms with Crippen LogP contribution >= 0.6 is 39.1 Å². The van der Waals surface area contributed by atoms with Crippen molar-refractivity contribution in [3.05, 3.63) is 38.3 Å². The van der Waals surface area contributed by atoms with Gasteiger partial charge >= 0.3 is 0 Å². The molecule has 0 aliphatic heterocycles. The number of hydrogen-bond donors (Lipinski definition) is 1. The Labute approximate surface area is 133 Å². The smallest absolute Gasteiger partial charge is 0.126 e. The van der Waals surface area contributed by atoms with Gasteiger partial charge < -0.3 is 10.5 Å². The van der Waals surface area contributed by atoms with Crippen molar-refractivity contribution < 1.29 is 4.74 Å². The van der Waals surface area contributed by atoms with Crippen molar-refractivity contribution >= 4 is 39.1 Å². The lowest BCUT2D eigenvalue weighted by atomic mass is 10.0. The van der Waals surface area contributed by atoms with Gasteiger partial charge in [0.1, 0.15) is 12.4 Å². The Hall–Kier alpha value is -0.220. The van der Waals surface area contributed by atoms with Crippen molar-refractivity contribution in [3.63, 3.8) is 0 Å². The Morgan fingerprint density at radius 2 is 2.21 bits per heavy atom. The molecule has 1 aromatic rings. The summed E-state index contributed by atoms with van der Waals surface area (Å²) in [7, 11) is 0. The van der Waals surface area contributed by atoms with Crippen LogP contribution < -0.4 is 10.5 Å². The van der Waals surface area contributed by atoms with Crippen molar-refractivity contribution in [1.82, 2.24) is 0 Å². The van der Waals surface area contributed by atoms with Crippen LogP contribution in [0.1, 0.15) is 24.5 Å². The summed E-state index contributed by atoms with van der Waals surface area (Å²) in [5, 5.41) is 0.467. The van der Waals surface area contributed by atoms with E-state index in [4.69, 9.17) is 33.7 Å². The molecule has 1 unspecified atom stereocenters. The highest BCUT2D eigenvalue weighted by molar-refractivity contribution is 9.10. The third-order valence-electron chi connectivity index (χ3n) is 2.80. The second-order valence-electron chi connectivity index (χ2n) is 4.43. The molecule has 1 atom stereocenters. The molecule has 5 heteroatoms. The van der Waals surface area contributed by atoms with Gasteiger partial charge in [-0.3, -0.25) is 0 Å². The van der Waals surface area contributed by atoms with Crippen LogP contribution in [-0.2, 0) is 6.42 Å². The zero-order valence-corrected chi connectivity index (χ0v) is 14.1. The fourth-order valence-electron chi connectivity index (χ4n) is 1.76. The van der Waals surface area contributed by atoms with E-state index in [1.807, 2.05) is 19.1 Å². The third-order valence-corrected chi connectivity index (χ3v) is 3.85. The molecule has 0 amide bonds. The molecular weight excluding hydrogens is 349 g/mol. The SMILES string of the molecule is CCC(N)Cc1cc(Br)cc(C)c1OC/C(Cl)=C/Cl. The van der Waals surface area contributed by atoms with Crippen molar-refractivity contribution in [2.75, 3.05) is 6.61 Å². The van der Waals surface area contributed by atoms with Gasteiger partial charge in [-0.15, -0.1) is 0 Å². The van der Waals surface area contributed by atoms with E-state index in [0.29, 0.717) is 5.03 Å². The van der Waals surface area contributed by atoms with Crippen LogP contribution in [-0.4, -0.2) is 12.6 Å². The summed E-state index contributed by atoms with van der Waals surface area (Å²) in [6.45, 7) is 4.34. The lowest BCUT2D eigenvalue weighted by Gasteiger charge is -2.17. The zero-order chi connectivity index (χ0) is 14.4. The topological polar surface area (TPSA) is 35.2 Å². The van der Waals surface area contributed by atoms with Gasteiger partial charge in [0.15, 0.2) is 0 Å². The third kappa shape index (κ3) is 5.35. The average Bonchev–Trinajstić information content (AvgIpc) is 2.36. The van der Waals surface area contributed by atoms with Crippen LogP contribution in [0.25, 0.3) is 0 Å². The minimum atomic E-state index is 0.120. The molecule has 2 N–H and O–H groups in total. The molecule has 1 rings (SSSR count). The standard InChI is InChI=1S/C14H18BrCl2NO/c1-3-13(18)6-10-5-11(15)4-9(2)14(10)19-8-12(17)7-16/h4-5,7,13H,3,6,8,18H2,1-2H3/b12-7-. The van der Waals surface area contributed by atoms with Crippen molar-refractivity contribution in [2.24, 2.45) is 5.73 Å². The van der Waals surface area contributed by atoms with E-state index in [1.165, 1.54) is 5.54 Å². The molecular formula is C14H18BrCl2NO. The van der Waals surface area contributed by atoms with E-state index in [0.717, 1.165) is 34.2 Å². The first-order chi connectivity index (χ1) is 8.97. The minimum Gasteiger partial charge on any atom is -0.487 e. The summed E-state index contributed by atoms with van der Waals surface area (Å²) < 4.78 is 6.78. The molecule has 0 saturated heterocycles. The van der Waals surface area contributed by atoms with E-state index in [1.54, 1.807) is 0 Å². The van der Waals surface area contributed by atoms with Crippen LogP contribution in [0.4, 0.5) is 0 Å². The largest absolute Gasteiger partial charge is 0.487 e. The number of ether oxygens (including phenoxy) is 1. The van der Waals surface area contributed by atoms with Crippen LogP contribution in [0.15, 0.2) is 27.2 Å². The molecule has 2 nitrogen and oxygen atoms in total. The lowest BCUT2D eigenvalue weighted by molar-refractivity contribution is 0.351. The maximum Gasteiger partial charge on any atom is 0.126 e. The maximum absolute atomic E-state index is 6.03. The number of aryl methyl sites for hydroxylation is 1. The van der Waals surface area contributed by atoms with Crippen molar-refractivity contribution in [3.8, 4) is 5.75 Å². The molecule has 0 aromatic heterocycles. The summed E-state index contributed by atoms with van der Waals surface area (Å²) in [6, 6.07) is 4.17. The molecule has 0 aliphatic carbocycles. The van der Waals surface area contributed by atoms with Gasteiger partial charge in [-0.1, -0.05) is 46.1 Å². The van der Waals surface area contributed by atoms with Crippen LogP contribution in [0.2, 0.25) is 0 Å². The van der Waals surface area contributed by atoms with E-state index < -0.39 is 0 Å². The Morgan fingerprint density at radius 3 is 2.79 bits per heavy atom. The van der Waals surface area contributed by atoms with Gasteiger partial charge in [0, 0.05) is 16.0 Å². The normalized spacial score (nSPS) is 13.5. The highest BCUT2D eigenvalue weighted by Gasteiger charge is 2.12. The van der Waals surface area contributed by atoms with Gasteiger partial charge in [-0.2, -0.15) is 0 Å². The van der Waals surface area contributed by atoms with Gasteiger partial charge in [0.2, 0.25) is 0 Å². The molecule has 0 spiro atoms. The summed E-state index contributed by atoms with van der Waals surface area (Å²) in [4.78, 5) is 0. The zero-order valence-electron chi connectivity index (χ0n) is 11.1. The molecule has 0 fully saturated rings. The number of rotatable bonds is 6. The Balaban J connectivity index is 2.99. The second-order valence-corrected chi connectivity index (χ2v) is 6.05. The first-order valence-electron chi connectivity index (χ1n) is 6.10. The van der Waals surface area contributed by atoms with E-state index in [2.05, 4.69) is 22.9 Å². The molecule has 0 bridgehead atoms. The van der Waals surface area contributed by atoms with Crippen molar-refractivity contribution in [2.45, 2.75) is 32.7 Å². The molecule has 0 radical (unpaired) electrons. The monoisotopic (exact) mass is 365 g/mol. The molecule has 0 heterocycles. The number of halogens is 3. The van der Waals surface area contributed by atoms with E-state index in [-0.39, 0.29) is 12.6 Å². The highest BCUT2D eigenvalue weighted by Crippen LogP contribution is 2.30. The molecule has 19 heavy (non-hydrogen) atoms. The number of benzene rings is 1. The molecule has 1 aromatic carbocycles. The quantitative estimate of drug-likeness (QED) is 0.789. The summed E-state index contributed by atoms with van der Waals surface area (Å²) in [5.41, 5.74) is 9.47. The van der Waals surface area contributed by atoms with E-state index >= 15 is 0 Å². The van der Waals surface area contributed by atoms with Gasteiger partial charge in [0.25, 0.3) is 0 Å². The summed E-state index contributed by atoms with van der Waals surface area (Å²) in [6.07, 6.45) is 1.70. The lowest BCUT2D eigenvalue weighted by Crippen LogP contribution is -2.22. The number of hydrogen-bond acceptors (Lipinski definition) is 2. The first-order valence-corrected chi connectivity index (χ1v) is 7.70. The van der Waals surface area contributed by atoms with Crippen molar-refractivity contribution in [1.29, 1.82) is 0 Å². The Bertz CT molecular complexity index is 463. The molecule has 0 saturated carbocycles. The average molecular weight is 367 g/mol. The predicted molar refractivity (Wildman–Crippen MR) is 86.1 cm³/mol. The fraction of sp³-hybridized carbons (Fsp3) is 0.429. The Morgan fingerprint density at radius 1 is 1.53 bits per heavy atom. The minimum absolute atomic E-state index is 0.120. The molecule has 0 aliphatic rings. The van der Waals surface area contributed by atoms with Gasteiger partial charge in [0.05, 0.1) is 5.03 Å². The maximum atomic E-state index is 6.03. The molecule has 106 valence electrons.